The molecule has 0 spiro atoms. The first-order valence-electron chi connectivity index (χ1n) is 5.25. The minimum Gasteiger partial charge on any atom is -0.508 e. The molecular formula is C11H15NO4S. The molecule has 0 aromatic heterocycles. The second kappa shape index (κ2) is 7.03. The van der Waals surface area contributed by atoms with Crippen LogP contribution in [0.25, 0.3) is 0 Å². The molecule has 0 saturated carbocycles. The van der Waals surface area contributed by atoms with E-state index in [0.717, 1.165) is 0 Å². The molecule has 1 atom stereocenters. The van der Waals surface area contributed by atoms with Crippen molar-refractivity contribution in [2.24, 2.45) is 0 Å². The Labute approximate surface area is 102 Å². The van der Waals surface area contributed by atoms with Crippen LogP contribution < -0.4 is 4.72 Å². The van der Waals surface area contributed by atoms with Gasteiger partial charge in [0.2, 0.25) is 0 Å². The first kappa shape index (κ1) is 13.7. The minimum absolute atomic E-state index is 0.0727. The van der Waals surface area contributed by atoms with Crippen molar-refractivity contribution < 1.29 is 19.2 Å². The second-order valence-corrected chi connectivity index (χ2v) is 4.81. The summed E-state index contributed by atoms with van der Waals surface area (Å²) in [5.74, 6) is -0.748. The van der Waals surface area contributed by atoms with Crippen molar-refractivity contribution in [1.29, 1.82) is 0 Å². The van der Waals surface area contributed by atoms with Crippen molar-refractivity contribution in [1.82, 2.24) is 4.72 Å². The lowest BCUT2D eigenvalue weighted by Gasteiger charge is -2.04. The fourth-order valence-electron chi connectivity index (χ4n) is 1.25. The van der Waals surface area contributed by atoms with Crippen molar-refractivity contribution in [3.63, 3.8) is 0 Å². The van der Waals surface area contributed by atoms with E-state index in [-0.39, 0.29) is 12.2 Å². The Morgan fingerprint density at radius 3 is 2.76 bits per heavy atom. The molecule has 0 saturated heterocycles. The van der Waals surface area contributed by atoms with Gasteiger partial charge in [-0.25, -0.2) is 8.93 Å². The molecule has 0 fully saturated rings. The van der Waals surface area contributed by atoms with E-state index in [1.54, 1.807) is 12.1 Å². The van der Waals surface area contributed by atoms with Crippen molar-refractivity contribution in [3.05, 3.63) is 24.3 Å². The number of aromatic hydroxyl groups is 1. The van der Waals surface area contributed by atoms with Crippen LogP contribution in [-0.2, 0) is 15.8 Å². The molecule has 1 aromatic rings. The number of rotatable bonds is 7. The predicted octanol–water partition coefficient (Wildman–Crippen LogP) is 1.26. The van der Waals surface area contributed by atoms with Crippen molar-refractivity contribution >= 4 is 17.0 Å². The summed E-state index contributed by atoms with van der Waals surface area (Å²) in [5.41, 5.74) is 0. The van der Waals surface area contributed by atoms with Gasteiger partial charge >= 0.3 is 5.97 Å². The zero-order valence-corrected chi connectivity index (χ0v) is 10.1. The van der Waals surface area contributed by atoms with Gasteiger partial charge in [-0.15, -0.1) is 0 Å². The molecule has 17 heavy (non-hydrogen) atoms. The highest BCUT2D eigenvalue weighted by atomic mass is 32.2. The predicted molar refractivity (Wildman–Crippen MR) is 64.0 cm³/mol. The molecule has 1 aromatic carbocycles. The molecule has 6 heteroatoms. The van der Waals surface area contributed by atoms with Gasteiger partial charge in [0.1, 0.15) is 16.7 Å². The van der Waals surface area contributed by atoms with Gasteiger partial charge in [0.25, 0.3) is 0 Å². The third-order valence-electron chi connectivity index (χ3n) is 2.08. The molecule has 0 aliphatic carbocycles. The zero-order valence-electron chi connectivity index (χ0n) is 9.26. The molecular weight excluding hydrogens is 242 g/mol. The Morgan fingerprint density at radius 1 is 1.35 bits per heavy atom. The summed E-state index contributed by atoms with van der Waals surface area (Å²) >= 11 is 0. The standard InChI is InChI=1S/C11H15NO4S/c13-9-4-3-5-10(8-9)17(16)12-7-2-1-6-11(14)15/h3-5,8,12-13H,1-2,6-7H2,(H,14,15). The summed E-state index contributed by atoms with van der Waals surface area (Å²) in [6, 6.07) is 6.21. The molecule has 94 valence electrons. The van der Waals surface area contributed by atoms with Crippen LogP contribution in [0.5, 0.6) is 5.75 Å². The number of carboxylic acid groups (broad SMARTS) is 1. The van der Waals surface area contributed by atoms with Gasteiger partial charge in [-0.3, -0.25) is 4.79 Å². The number of phenols is 1. The number of phenolic OH excluding ortho intramolecular Hbond substituents is 1. The SMILES string of the molecule is O=C(O)CCCCNS(=O)c1cccc(O)c1. The normalized spacial score (nSPS) is 12.2. The number of carbonyl (C=O) groups is 1. The summed E-state index contributed by atoms with van der Waals surface area (Å²) in [4.78, 5) is 10.8. The number of hydrogen-bond acceptors (Lipinski definition) is 3. The van der Waals surface area contributed by atoms with Crippen LogP contribution in [0.3, 0.4) is 0 Å². The van der Waals surface area contributed by atoms with Gasteiger partial charge in [-0.1, -0.05) is 6.07 Å². The highest BCUT2D eigenvalue weighted by Crippen LogP contribution is 2.13. The summed E-state index contributed by atoms with van der Waals surface area (Å²) < 4.78 is 14.4. The van der Waals surface area contributed by atoms with Crippen molar-refractivity contribution in [2.75, 3.05) is 6.54 Å². The maximum Gasteiger partial charge on any atom is 0.303 e. The molecule has 0 aliphatic heterocycles. The Hall–Kier alpha value is -1.40. The molecule has 0 bridgehead atoms. The summed E-state index contributed by atoms with van der Waals surface area (Å²) in [6.45, 7) is 0.482. The molecule has 1 rings (SSSR count). The molecule has 0 radical (unpaired) electrons. The monoisotopic (exact) mass is 257 g/mol. The first-order valence-corrected chi connectivity index (χ1v) is 6.40. The molecule has 1 unspecified atom stereocenters. The number of nitrogens with one attached hydrogen (secondary N) is 1. The van der Waals surface area contributed by atoms with E-state index in [1.165, 1.54) is 12.1 Å². The third kappa shape index (κ3) is 5.46. The van der Waals surface area contributed by atoms with Crippen LogP contribution in [0.15, 0.2) is 29.2 Å². The van der Waals surface area contributed by atoms with Gasteiger partial charge < -0.3 is 10.2 Å². The fourth-order valence-corrected chi connectivity index (χ4v) is 2.17. The van der Waals surface area contributed by atoms with E-state index < -0.39 is 17.0 Å². The minimum atomic E-state index is -1.37. The average Bonchev–Trinajstić information content (AvgIpc) is 2.28. The maximum atomic E-state index is 11.7. The van der Waals surface area contributed by atoms with Crippen LogP contribution in [0.2, 0.25) is 0 Å². The molecule has 0 heterocycles. The van der Waals surface area contributed by atoms with E-state index in [2.05, 4.69) is 4.72 Å². The Kier molecular flexibility index (Phi) is 5.65. The van der Waals surface area contributed by atoms with E-state index in [9.17, 15) is 14.1 Å². The average molecular weight is 257 g/mol. The lowest BCUT2D eigenvalue weighted by atomic mass is 10.2. The summed E-state index contributed by atoms with van der Waals surface area (Å²) in [7, 11) is -1.37. The van der Waals surface area contributed by atoms with Crippen molar-refractivity contribution in [2.45, 2.75) is 24.2 Å². The topological polar surface area (TPSA) is 86.6 Å². The van der Waals surface area contributed by atoms with Gasteiger partial charge in [-0.05, 0) is 31.0 Å². The number of benzene rings is 1. The quantitative estimate of drug-likeness (QED) is 0.642. The van der Waals surface area contributed by atoms with Gasteiger partial charge in [0, 0.05) is 13.0 Å². The van der Waals surface area contributed by atoms with Crippen LogP contribution in [-0.4, -0.2) is 26.9 Å². The highest BCUT2D eigenvalue weighted by Gasteiger charge is 2.03. The summed E-state index contributed by atoms with van der Waals surface area (Å²) in [6.07, 6.45) is 1.33. The van der Waals surface area contributed by atoms with E-state index in [1.807, 2.05) is 0 Å². The molecule has 5 nitrogen and oxygen atoms in total. The van der Waals surface area contributed by atoms with Crippen LogP contribution >= 0.6 is 0 Å². The Morgan fingerprint density at radius 2 is 2.12 bits per heavy atom. The number of carboxylic acids is 1. The van der Waals surface area contributed by atoms with Crippen molar-refractivity contribution in [3.8, 4) is 5.75 Å². The number of hydrogen-bond donors (Lipinski definition) is 3. The van der Waals surface area contributed by atoms with Gasteiger partial charge in [0.05, 0.1) is 4.90 Å². The molecule has 3 N–H and O–H groups in total. The van der Waals surface area contributed by atoms with Crippen LogP contribution in [0.4, 0.5) is 0 Å². The van der Waals surface area contributed by atoms with E-state index >= 15 is 0 Å². The number of unbranched alkanes of at least 4 members (excludes halogenated alkanes) is 1. The van der Waals surface area contributed by atoms with Gasteiger partial charge in [0.15, 0.2) is 0 Å². The lowest BCUT2D eigenvalue weighted by Crippen LogP contribution is -2.18. The lowest BCUT2D eigenvalue weighted by molar-refractivity contribution is -0.137. The van der Waals surface area contributed by atoms with Crippen LogP contribution in [0, 0.1) is 0 Å². The molecule has 0 aliphatic rings. The third-order valence-corrected chi connectivity index (χ3v) is 3.23. The summed E-state index contributed by atoms with van der Waals surface area (Å²) in [5, 5.41) is 17.6. The first-order chi connectivity index (χ1) is 8.09. The molecule has 0 amide bonds. The van der Waals surface area contributed by atoms with Crippen LogP contribution in [0.1, 0.15) is 19.3 Å². The highest BCUT2D eigenvalue weighted by molar-refractivity contribution is 7.83. The Balaban J connectivity index is 2.28. The van der Waals surface area contributed by atoms with Gasteiger partial charge in [-0.2, -0.15) is 0 Å². The Bertz CT molecular complexity index is 408. The fraction of sp³-hybridized carbons (Fsp3) is 0.364. The smallest absolute Gasteiger partial charge is 0.303 e. The largest absolute Gasteiger partial charge is 0.508 e. The maximum absolute atomic E-state index is 11.7. The number of aliphatic carboxylic acids is 1. The van der Waals surface area contributed by atoms with E-state index in [4.69, 9.17) is 5.11 Å². The zero-order chi connectivity index (χ0) is 12.7. The van der Waals surface area contributed by atoms with E-state index in [0.29, 0.717) is 24.3 Å². The second-order valence-electron chi connectivity index (χ2n) is 3.51.